The third-order valence-electron chi connectivity index (χ3n) is 3.74. The second-order valence-corrected chi connectivity index (χ2v) is 7.96. The van der Waals surface area contributed by atoms with Crippen molar-refractivity contribution in [2.24, 2.45) is 0 Å². The van der Waals surface area contributed by atoms with Crippen LogP contribution in [0.15, 0.2) is 47.4 Å². The van der Waals surface area contributed by atoms with Gasteiger partial charge in [0.15, 0.2) is 0 Å². The predicted octanol–water partition coefficient (Wildman–Crippen LogP) is 2.77. The van der Waals surface area contributed by atoms with E-state index < -0.39 is 15.9 Å². The van der Waals surface area contributed by atoms with E-state index in [1.54, 1.807) is 12.1 Å². The van der Waals surface area contributed by atoms with Crippen LogP contribution >= 0.6 is 11.6 Å². The molecule has 0 aliphatic heterocycles. The van der Waals surface area contributed by atoms with Crippen molar-refractivity contribution in [1.29, 1.82) is 0 Å². The van der Waals surface area contributed by atoms with Crippen LogP contribution in [-0.2, 0) is 14.8 Å². The van der Waals surface area contributed by atoms with Gasteiger partial charge in [-0.25, -0.2) is 8.42 Å². The largest absolute Gasteiger partial charge is 0.494 e. The van der Waals surface area contributed by atoms with E-state index in [-0.39, 0.29) is 16.5 Å². The van der Waals surface area contributed by atoms with Crippen molar-refractivity contribution in [2.45, 2.75) is 11.8 Å². The smallest absolute Gasteiger partial charge is 0.244 e. The summed E-state index contributed by atoms with van der Waals surface area (Å²) in [5.41, 5.74) is 1.63. The summed E-state index contributed by atoms with van der Waals surface area (Å²) in [6.45, 7) is 2.17. The van der Waals surface area contributed by atoms with Crippen molar-refractivity contribution < 1.29 is 17.9 Å². The van der Waals surface area contributed by atoms with Crippen LogP contribution in [0.25, 0.3) is 11.1 Å². The van der Waals surface area contributed by atoms with E-state index in [0.717, 1.165) is 21.2 Å². The van der Waals surface area contributed by atoms with Gasteiger partial charge in [0.1, 0.15) is 10.6 Å². The van der Waals surface area contributed by atoms with E-state index in [0.29, 0.717) is 6.61 Å². The zero-order chi connectivity index (χ0) is 19.3. The molecule has 1 amide bonds. The molecule has 1 N–H and O–H groups in total. The number of nitrogens with one attached hydrogen (secondary N) is 1. The lowest BCUT2D eigenvalue weighted by atomic mass is 10.1. The molecule has 0 saturated carbocycles. The van der Waals surface area contributed by atoms with Gasteiger partial charge in [-0.3, -0.25) is 4.79 Å². The first-order valence-electron chi connectivity index (χ1n) is 7.99. The molecule has 26 heavy (non-hydrogen) atoms. The second-order valence-electron chi connectivity index (χ2n) is 5.54. The number of nitrogens with zero attached hydrogens (tertiary/aromatic N) is 1. The van der Waals surface area contributed by atoms with Gasteiger partial charge in [0.05, 0.1) is 18.2 Å². The number of sulfonamides is 1. The van der Waals surface area contributed by atoms with E-state index in [9.17, 15) is 13.2 Å². The van der Waals surface area contributed by atoms with Gasteiger partial charge in [0.25, 0.3) is 0 Å². The number of halogens is 1. The van der Waals surface area contributed by atoms with Crippen LogP contribution in [0.1, 0.15) is 6.92 Å². The molecule has 6 nitrogen and oxygen atoms in total. The Bertz CT molecular complexity index is 900. The highest BCUT2D eigenvalue weighted by Gasteiger charge is 2.25. The molecule has 0 radical (unpaired) electrons. The molecular formula is C18H21ClN2O4S. The Morgan fingerprint density at radius 2 is 1.88 bits per heavy atom. The fourth-order valence-corrected chi connectivity index (χ4v) is 4.00. The summed E-state index contributed by atoms with van der Waals surface area (Å²) in [7, 11) is -1.10. The minimum absolute atomic E-state index is 0.0460. The maximum Gasteiger partial charge on any atom is 0.244 e. The van der Waals surface area contributed by atoms with E-state index in [1.165, 1.54) is 20.2 Å². The average molecular weight is 397 g/mol. The number of amides is 1. The zero-order valence-electron chi connectivity index (χ0n) is 14.8. The summed E-state index contributed by atoms with van der Waals surface area (Å²) < 4.78 is 31.7. The number of benzene rings is 2. The standard InChI is InChI=1S/C18H21ClN2O4S/c1-4-25-15-7-5-6-13(10-15)14-8-9-17(16(19)11-14)26(23,24)21(3)12-18(22)20-2/h5-11H,4,12H2,1-3H3,(H,20,22). The Kier molecular flexibility index (Phi) is 6.63. The Morgan fingerprint density at radius 3 is 2.50 bits per heavy atom. The summed E-state index contributed by atoms with van der Waals surface area (Å²) in [5, 5.41) is 2.48. The van der Waals surface area contributed by atoms with Crippen LogP contribution in [0.2, 0.25) is 5.02 Å². The van der Waals surface area contributed by atoms with Gasteiger partial charge in [-0.2, -0.15) is 4.31 Å². The summed E-state index contributed by atoms with van der Waals surface area (Å²) in [5.74, 6) is 0.319. The number of rotatable bonds is 7. The van der Waals surface area contributed by atoms with E-state index >= 15 is 0 Å². The topological polar surface area (TPSA) is 75.7 Å². The van der Waals surface area contributed by atoms with Crippen LogP contribution < -0.4 is 10.1 Å². The minimum Gasteiger partial charge on any atom is -0.494 e. The lowest BCUT2D eigenvalue weighted by molar-refractivity contribution is -0.120. The molecule has 0 aliphatic carbocycles. The number of ether oxygens (including phenoxy) is 1. The maximum atomic E-state index is 12.6. The monoisotopic (exact) mass is 396 g/mol. The molecule has 0 unspecified atom stereocenters. The highest BCUT2D eigenvalue weighted by atomic mass is 35.5. The molecule has 140 valence electrons. The van der Waals surface area contributed by atoms with Crippen LogP contribution in [0.3, 0.4) is 0 Å². The number of hydrogen-bond donors (Lipinski definition) is 1. The molecule has 8 heteroatoms. The van der Waals surface area contributed by atoms with Gasteiger partial charge in [-0.05, 0) is 42.3 Å². The van der Waals surface area contributed by atoms with Crippen LogP contribution in [0.4, 0.5) is 0 Å². The predicted molar refractivity (Wildman–Crippen MR) is 102 cm³/mol. The van der Waals surface area contributed by atoms with Crippen LogP contribution in [0.5, 0.6) is 5.75 Å². The SMILES string of the molecule is CCOc1cccc(-c2ccc(S(=O)(=O)N(C)CC(=O)NC)c(Cl)c2)c1. The number of carbonyl (C=O) groups is 1. The molecule has 0 saturated heterocycles. The fourth-order valence-electron chi connectivity index (χ4n) is 2.36. The first kappa shape index (κ1) is 20.2. The van der Waals surface area contributed by atoms with Gasteiger partial charge in [0, 0.05) is 14.1 Å². The first-order valence-corrected chi connectivity index (χ1v) is 9.81. The average Bonchev–Trinajstić information content (AvgIpc) is 2.61. The van der Waals surface area contributed by atoms with Gasteiger partial charge in [0.2, 0.25) is 15.9 Å². The van der Waals surface area contributed by atoms with E-state index in [4.69, 9.17) is 16.3 Å². The molecular weight excluding hydrogens is 376 g/mol. The molecule has 0 atom stereocenters. The van der Waals surface area contributed by atoms with Crippen molar-refractivity contribution in [3.05, 3.63) is 47.5 Å². The summed E-state index contributed by atoms with van der Waals surface area (Å²) in [6, 6.07) is 12.2. The van der Waals surface area contributed by atoms with Crippen molar-refractivity contribution in [3.8, 4) is 16.9 Å². The molecule has 0 spiro atoms. The lowest BCUT2D eigenvalue weighted by Gasteiger charge is -2.17. The van der Waals surface area contributed by atoms with Crippen molar-refractivity contribution >= 4 is 27.5 Å². The molecule has 0 heterocycles. The van der Waals surface area contributed by atoms with Gasteiger partial charge >= 0.3 is 0 Å². The Balaban J connectivity index is 2.35. The molecule has 2 aromatic rings. The molecule has 0 aromatic heterocycles. The fraction of sp³-hybridized carbons (Fsp3) is 0.278. The van der Waals surface area contributed by atoms with Gasteiger partial charge in [-0.15, -0.1) is 0 Å². The normalized spacial score (nSPS) is 11.4. The number of hydrogen-bond acceptors (Lipinski definition) is 4. The minimum atomic E-state index is -3.87. The van der Waals surface area contributed by atoms with Crippen molar-refractivity contribution in [3.63, 3.8) is 0 Å². The van der Waals surface area contributed by atoms with Gasteiger partial charge in [-0.1, -0.05) is 29.8 Å². The molecule has 2 aromatic carbocycles. The maximum absolute atomic E-state index is 12.6. The highest BCUT2D eigenvalue weighted by Crippen LogP contribution is 2.31. The Labute approximate surface area is 158 Å². The third-order valence-corrected chi connectivity index (χ3v) is 6.03. The Morgan fingerprint density at radius 1 is 1.19 bits per heavy atom. The Hall–Kier alpha value is -2.09. The highest BCUT2D eigenvalue weighted by molar-refractivity contribution is 7.89. The van der Waals surface area contributed by atoms with E-state index in [2.05, 4.69) is 5.32 Å². The quantitative estimate of drug-likeness (QED) is 0.780. The van der Waals surface area contributed by atoms with Crippen molar-refractivity contribution in [1.82, 2.24) is 9.62 Å². The number of likely N-dealkylation sites (N-methyl/N-ethyl adjacent to an activating group) is 2. The molecule has 0 bridgehead atoms. The first-order chi connectivity index (χ1) is 12.3. The zero-order valence-corrected chi connectivity index (χ0v) is 16.4. The lowest BCUT2D eigenvalue weighted by Crippen LogP contribution is -2.37. The summed E-state index contributed by atoms with van der Waals surface area (Å²) in [4.78, 5) is 11.4. The molecule has 0 fully saturated rings. The van der Waals surface area contributed by atoms with Crippen molar-refractivity contribution in [2.75, 3.05) is 27.2 Å². The third kappa shape index (κ3) is 4.55. The van der Waals surface area contributed by atoms with E-state index in [1.807, 2.05) is 31.2 Å². The molecule has 2 rings (SSSR count). The van der Waals surface area contributed by atoms with Crippen LogP contribution in [0, 0.1) is 0 Å². The molecule has 0 aliphatic rings. The second kappa shape index (κ2) is 8.53. The van der Waals surface area contributed by atoms with Crippen LogP contribution in [-0.4, -0.2) is 45.9 Å². The summed E-state index contributed by atoms with van der Waals surface area (Å²) in [6.07, 6.45) is 0. The van der Waals surface area contributed by atoms with Gasteiger partial charge < -0.3 is 10.1 Å². The summed E-state index contributed by atoms with van der Waals surface area (Å²) >= 11 is 6.24. The number of carbonyl (C=O) groups excluding carboxylic acids is 1.